The number of nitrogens with zero attached hydrogens (tertiary/aromatic N) is 2. The second kappa shape index (κ2) is 4.05. The van der Waals surface area contributed by atoms with Crippen LogP contribution in [0.3, 0.4) is 0 Å². The third-order valence-corrected chi connectivity index (χ3v) is 2.74. The van der Waals surface area contributed by atoms with E-state index in [9.17, 15) is 4.79 Å². The van der Waals surface area contributed by atoms with Gasteiger partial charge in [-0.25, -0.2) is 4.68 Å². The summed E-state index contributed by atoms with van der Waals surface area (Å²) >= 11 is 0. The van der Waals surface area contributed by atoms with Crippen molar-refractivity contribution in [2.75, 3.05) is 0 Å². The van der Waals surface area contributed by atoms with E-state index in [1.807, 2.05) is 39.0 Å². The summed E-state index contributed by atoms with van der Waals surface area (Å²) in [6.07, 6.45) is 0. The summed E-state index contributed by atoms with van der Waals surface area (Å²) < 4.78 is 1.63. The molecule has 1 amide bonds. The van der Waals surface area contributed by atoms with Gasteiger partial charge >= 0.3 is 0 Å². The molecule has 17 heavy (non-hydrogen) atoms. The van der Waals surface area contributed by atoms with Crippen molar-refractivity contribution in [2.24, 2.45) is 5.73 Å². The average molecular weight is 229 g/mol. The Morgan fingerprint density at radius 3 is 2.35 bits per heavy atom. The molecular formula is C13H15N3O. The largest absolute Gasteiger partial charge is 0.364 e. The third kappa shape index (κ3) is 1.93. The van der Waals surface area contributed by atoms with Crippen molar-refractivity contribution in [1.82, 2.24) is 9.78 Å². The minimum atomic E-state index is -0.465. The van der Waals surface area contributed by atoms with Gasteiger partial charge in [0.2, 0.25) is 0 Å². The van der Waals surface area contributed by atoms with Crippen molar-refractivity contribution >= 4 is 5.91 Å². The molecule has 0 aliphatic heterocycles. The second-order valence-electron chi connectivity index (χ2n) is 4.19. The minimum Gasteiger partial charge on any atom is -0.364 e. The summed E-state index contributed by atoms with van der Waals surface area (Å²) in [7, 11) is 0. The van der Waals surface area contributed by atoms with Gasteiger partial charge in [0.1, 0.15) is 5.69 Å². The van der Waals surface area contributed by atoms with Gasteiger partial charge in [0.15, 0.2) is 0 Å². The summed E-state index contributed by atoms with van der Waals surface area (Å²) in [6.45, 7) is 5.82. The van der Waals surface area contributed by atoms with Gasteiger partial charge in [0.25, 0.3) is 5.91 Å². The number of amides is 1. The van der Waals surface area contributed by atoms with E-state index in [0.717, 1.165) is 22.5 Å². The first-order valence-electron chi connectivity index (χ1n) is 5.43. The number of nitrogens with two attached hydrogens (primary N) is 1. The Kier molecular flexibility index (Phi) is 2.71. The van der Waals surface area contributed by atoms with Gasteiger partial charge in [0, 0.05) is 0 Å². The molecule has 0 saturated carbocycles. The molecule has 0 aliphatic carbocycles. The van der Waals surface area contributed by atoms with Gasteiger partial charge in [-0.15, -0.1) is 0 Å². The van der Waals surface area contributed by atoms with Crippen LogP contribution in [-0.2, 0) is 0 Å². The predicted molar refractivity (Wildman–Crippen MR) is 66.3 cm³/mol. The molecule has 1 aromatic heterocycles. The van der Waals surface area contributed by atoms with Gasteiger partial charge in [-0.2, -0.15) is 5.10 Å². The molecule has 0 spiro atoms. The van der Waals surface area contributed by atoms with Crippen LogP contribution >= 0.6 is 0 Å². The smallest absolute Gasteiger partial charge is 0.267 e. The number of aryl methyl sites for hydroxylation is 3. The molecule has 0 saturated heterocycles. The molecule has 2 N–H and O–H groups in total. The normalized spacial score (nSPS) is 10.5. The minimum absolute atomic E-state index is 0.417. The maximum absolute atomic E-state index is 11.4. The zero-order valence-corrected chi connectivity index (χ0v) is 10.2. The van der Waals surface area contributed by atoms with Crippen LogP contribution in [-0.4, -0.2) is 15.7 Å². The molecule has 0 radical (unpaired) electrons. The second-order valence-corrected chi connectivity index (χ2v) is 4.19. The van der Waals surface area contributed by atoms with Crippen molar-refractivity contribution in [3.05, 3.63) is 46.8 Å². The lowest BCUT2D eigenvalue weighted by Crippen LogP contribution is -2.17. The van der Waals surface area contributed by atoms with Crippen LogP contribution in [0.1, 0.15) is 27.3 Å². The summed E-state index contributed by atoms with van der Waals surface area (Å²) in [5.41, 5.74) is 9.62. The van der Waals surface area contributed by atoms with Gasteiger partial charge in [0.05, 0.1) is 11.4 Å². The lowest BCUT2D eigenvalue weighted by molar-refractivity contribution is 0.0993. The number of aromatic nitrogens is 2. The standard InChI is InChI=1S/C13H15N3O/c1-8-5-4-6-9(2)12(8)16-11(13(14)17)7-10(3)15-16/h4-7H,1-3H3,(H2,14,17). The van der Waals surface area contributed by atoms with E-state index >= 15 is 0 Å². The summed E-state index contributed by atoms with van der Waals surface area (Å²) in [6, 6.07) is 7.66. The molecule has 1 heterocycles. The molecule has 0 fully saturated rings. The van der Waals surface area contributed by atoms with Crippen molar-refractivity contribution in [2.45, 2.75) is 20.8 Å². The Labute approximate surface area is 100 Å². The first kappa shape index (κ1) is 11.4. The SMILES string of the molecule is Cc1cc(C(N)=O)n(-c2c(C)cccc2C)n1. The summed E-state index contributed by atoms with van der Waals surface area (Å²) in [5.74, 6) is -0.465. The van der Waals surface area contributed by atoms with E-state index < -0.39 is 5.91 Å². The molecule has 2 rings (SSSR count). The molecule has 4 nitrogen and oxygen atoms in total. The molecule has 1 aromatic carbocycles. The maximum Gasteiger partial charge on any atom is 0.267 e. The van der Waals surface area contributed by atoms with E-state index in [-0.39, 0.29) is 0 Å². The van der Waals surface area contributed by atoms with Crippen LogP contribution < -0.4 is 5.73 Å². The van der Waals surface area contributed by atoms with E-state index in [0.29, 0.717) is 5.69 Å². The highest BCUT2D eigenvalue weighted by atomic mass is 16.1. The summed E-state index contributed by atoms with van der Waals surface area (Å²) in [5, 5.41) is 4.34. The molecular weight excluding hydrogens is 214 g/mol. The molecule has 0 atom stereocenters. The molecule has 0 bridgehead atoms. The fourth-order valence-corrected chi connectivity index (χ4v) is 1.99. The average Bonchev–Trinajstić information content (AvgIpc) is 2.60. The van der Waals surface area contributed by atoms with Crippen LogP contribution in [0.5, 0.6) is 0 Å². The van der Waals surface area contributed by atoms with Gasteiger partial charge < -0.3 is 5.73 Å². The number of carbonyl (C=O) groups excluding carboxylic acids is 1. The number of para-hydroxylation sites is 1. The molecule has 0 unspecified atom stereocenters. The first-order valence-corrected chi connectivity index (χ1v) is 5.43. The monoisotopic (exact) mass is 229 g/mol. The topological polar surface area (TPSA) is 60.9 Å². The van der Waals surface area contributed by atoms with Crippen LogP contribution in [0, 0.1) is 20.8 Å². The lowest BCUT2D eigenvalue weighted by atomic mass is 10.1. The van der Waals surface area contributed by atoms with Crippen LogP contribution in [0.15, 0.2) is 24.3 Å². The van der Waals surface area contributed by atoms with Crippen molar-refractivity contribution < 1.29 is 4.79 Å². The zero-order chi connectivity index (χ0) is 12.6. The Morgan fingerprint density at radius 1 is 1.24 bits per heavy atom. The Balaban J connectivity index is 2.72. The van der Waals surface area contributed by atoms with Gasteiger partial charge in [-0.1, -0.05) is 18.2 Å². The van der Waals surface area contributed by atoms with Crippen molar-refractivity contribution in [1.29, 1.82) is 0 Å². The zero-order valence-electron chi connectivity index (χ0n) is 10.2. The summed E-state index contributed by atoms with van der Waals surface area (Å²) in [4.78, 5) is 11.4. The molecule has 2 aromatic rings. The van der Waals surface area contributed by atoms with Crippen molar-refractivity contribution in [3.8, 4) is 5.69 Å². The Bertz CT molecular complexity index is 564. The predicted octanol–water partition coefficient (Wildman–Crippen LogP) is 1.90. The number of hydrogen-bond acceptors (Lipinski definition) is 2. The third-order valence-electron chi connectivity index (χ3n) is 2.74. The van der Waals surface area contributed by atoms with E-state index in [1.165, 1.54) is 0 Å². The van der Waals surface area contributed by atoms with E-state index in [1.54, 1.807) is 10.7 Å². The van der Waals surface area contributed by atoms with Crippen LogP contribution in [0.25, 0.3) is 5.69 Å². The highest BCUT2D eigenvalue weighted by Crippen LogP contribution is 2.20. The van der Waals surface area contributed by atoms with Crippen LogP contribution in [0.2, 0.25) is 0 Å². The number of primary amides is 1. The lowest BCUT2D eigenvalue weighted by Gasteiger charge is -2.11. The molecule has 0 aliphatic rings. The fourth-order valence-electron chi connectivity index (χ4n) is 1.99. The first-order chi connectivity index (χ1) is 8.00. The Morgan fingerprint density at radius 2 is 1.82 bits per heavy atom. The number of carbonyl (C=O) groups is 1. The molecule has 88 valence electrons. The molecule has 4 heteroatoms. The van der Waals surface area contributed by atoms with Gasteiger partial charge in [-0.3, -0.25) is 4.79 Å². The van der Waals surface area contributed by atoms with Crippen molar-refractivity contribution in [3.63, 3.8) is 0 Å². The van der Waals surface area contributed by atoms with Gasteiger partial charge in [-0.05, 0) is 38.0 Å². The maximum atomic E-state index is 11.4. The Hall–Kier alpha value is -2.10. The number of rotatable bonds is 2. The van der Waals surface area contributed by atoms with Crippen LogP contribution in [0.4, 0.5) is 0 Å². The number of hydrogen-bond donors (Lipinski definition) is 1. The quantitative estimate of drug-likeness (QED) is 0.854. The van der Waals surface area contributed by atoms with E-state index in [4.69, 9.17) is 5.73 Å². The number of benzene rings is 1. The van der Waals surface area contributed by atoms with E-state index in [2.05, 4.69) is 5.10 Å². The highest BCUT2D eigenvalue weighted by molar-refractivity contribution is 5.92. The highest BCUT2D eigenvalue weighted by Gasteiger charge is 2.15. The fraction of sp³-hybridized carbons (Fsp3) is 0.231.